The Kier molecular flexibility index (Phi) is 3.08. The molecule has 1 aromatic carbocycles. The predicted molar refractivity (Wildman–Crippen MR) is 71.1 cm³/mol. The van der Waals surface area contributed by atoms with Gasteiger partial charge in [-0.1, -0.05) is 13.8 Å². The molecule has 1 N–H and O–H groups in total. The molecular formula is C13H13BrFNO. The molecule has 2 aromatic rings. The third-order valence-electron chi connectivity index (χ3n) is 2.87. The van der Waals surface area contributed by atoms with Crippen molar-refractivity contribution >= 4 is 26.8 Å². The van der Waals surface area contributed by atoms with Crippen LogP contribution in [-0.4, -0.2) is 4.98 Å². The standard InChI is InChI=1S/C13H13BrFNO/c1-6(2)10-7(3)16-12-8(14)4-5-9(15)11(12)13(10)17/h4-6H,1-3H3,(H,16,17). The van der Waals surface area contributed by atoms with Crippen LogP contribution in [0.1, 0.15) is 31.0 Å². The zero-order chi connectivity index (χ0) is 12.7. The Morgan fingerprint density at radius 1 is 1.35 bits per heavy atom. The lowest BCUT2D eigenvalue weighted by Crippen LogP contribution is -2.16. The minimum Gasteiger partial charge on any atom is -0.357 e. The number of hydrogen-bond donors (Lipinski definition) is 1. The number of H-pyrrole nitrogens is 1. The number of benzene rings is 1. The van der Waals surface area contributed by atoms with Crippen LogP contribution in [0.4, 0.5) is 4.39 Å². The third-order valence-corrected chi connectivity index (χ3v) is 3.53. The molecule has 90 valence electrons. The van der Waals surface area contributed by atoms with Gasteiger partial charge in [0.05, 0.1) is 10.9 Å². The summed E-state index contributed by atoms with van der Waals surface area (Å²) in [6, 6.07) is 2.91. The highest BCUT2D eigenvalue weighted by Crippen LogP contribution is 2.25. The molecule has 0 aliphatic rings. The normalized spacial score (nSPS) is 11.4. The topological polar surface area (TPSA) is 32.9 Å². The molecule has 17 heavy (non-hydrogen) atoms. The first-order chi connectivity index (χ1) is 7.93. The molecule has 2 nitrogen and oxygen atoms in total. The van der Waals surface area contributed by atoms with E-state index >= 15 is 0 Å². The fraction of sp³-hybridized carbons (Fsp3) is 0.308. The van der Waals surface area contributed by atoms with E-state index in [9.17, 15) is 9.18 Å². The Balaban J connectivity index is 3.03. The molecule has 0 aliphatic carbocycles. The maximum absolute atomic E-state index is 13.8. The van der Waals surface area contributed by atoms with E-state index in [1.807, 2.05) is 20.8 Å². The average Bonchev–Trinajstić information content (AvgIpc) is 2.22. The van der Waals surface area contributed by atoms with Gasteiger partial charge in [0.15, 0.2) is 5.43 Å². The molecule has 0 aliphatic heterocycles. The fourth-order valence-electron chi connectivity index (χ4n) is 2.15. The van der Waals surface area contributed by atoms with Gasteiger partial charge in [0.1, 0.15) is 5.82 Å². The number of aromatic nitrogens is 1. The SMILES string of the molecule is Cc1[nH]c2c(Br)ccc(F)c2c(=O)c1C(C)C. The van der Waals surface area contributed by atoms with E-state index in [1.54, 1.807) is 6.07 Å². The molecule has 1 aromatic heterocycles. The van der Waals surface area contributed by atoms with Crippen molar-refractivity contribution in [2.75, 3.05) is 0 Å². The second-order valence-electron chi connectivity index (χ2n) is 4.43. The van der Waals surface area contributed by atoms with Crippen LogP contribution in [0, 0.1) is 12.7 Å². The molecule has 0 saturated heterocycles. The van der Waals surface area contributed by atoms with Crippen molar-refractivity contribution in [3.8, 4) is 0 Å². The number of aromatic amines is 1. The number of aryl methyl sites for hydroxylation is 1. The first kappa shape index (κ1) is 12.3. The second kappa shape index (κ2) is 4.26. The van der Waals surface area contributed by atoms with Crippen molar-refractivity contribution in [3.05, 3.63) is 43.9 Å². The summed E-state index contributed by atoms with van der Waals surface area (Å²) in [4.78, 5) is 15.4. The van der Waals surface area contributed by atoms with Crippen molar-refractivity contribution in [1.82, 2.24) is 4.98 Å². The van der Waals surface area contributed by atoms with Crippen LogP contribution in [0.15, 0.2) is 21.4 Å². The Hall–Kier alpha value is -1.16. The van der Waals surface area contributed by atoms with Gasteiger partial charge in [-0.05, 0) is 40.9 Å². The molecule has 4 heteroatoms. The van der Waals surface area contributed by atoms with Crippen LogP contribution in [-0.2, 0) is 0 Å². The van der Waals surface area contributed by atoms with Gasteiger partial charge in [-0.25, -0.2) is 4.39 Å². The van der Waals surface area contributed by atoms with E-state index in [0.29, 0.717) is 15.6 Å². The van der Waals surface area contributed by atoms with E-state index in [1.165, 1.54) is 6.07 Å². The highest BCUT2D eigenvalue weighted by Gasteiger charge is 2.16. The highest BCUT2D eigenvalue weighted by molar-refractivity contribution is 9.10. The van der Waals surface area contributed by atoms with Crippen molar-refractivity contribution < 1.29 is 4.39 Å². The lowest BCUT2D eigenvalue weighted by molar-refractivity contribution is 0.638. The number of hydrogen-bond acceptors (Lipinski definition) is 1. The van der Waals surface area contributed by atoms with Crippen LogP contribution in [0.3, 0.4) is 0 Å². The molecule has 0 radical (unpaired) electrons. The van der Waals surface area contributed by atoms with Crippen molar-refractivity contribution in [2.24, 2.45) is 0 Å². The smallest absolute Gasteiger partial charge is 0.196 e. The number of pyridine rings is 1. The largest absolute Gasteiger partial charge is 0.357 e. The summed E-state index contributed by atoms with van der Waals surface area (Å²) in [5.41, 5.74) is 1.75. The molecule has 1 heterocycles. The van der Waals surface area contributed by atoms with Gasteiger partial charge in [-0.3, -0.25) is 4.79 Å². The minimum absolute atomic E-state index is 0.0709. The van der Waals surface area contributed by atoms with Crippen LogP contribution in [0.25, 0.3) is 10.9 Å². The van der Waals surface area contributed by atoms with E-state index in [4.69, 9.17) is 0 Å². The molecule has 0 amide bonds. The van der Waals surface area contributed by atoms with Gasteiger partial charge < -0.3 is 4.98 Å². The van der Waals surface area contributed by atoms with Crippen LogP contribution in [0.2, 0.25) is 0 Å². The summed E-state index contributed by atoms with van der Waals surface area (Å²) in [6.07, 6.45) is 0. The monoisotopic (exact) mass is 297 g/mol. The zero-order valence-electron chi connectivity index (χ0n) is 9.90. The molecule has 0 saturated carbocycles. The number of rotatable bonds is 1. The van der Waals surface area contributed by atoms with Crippen LogP contribution in [0.5, 0.6) is 0 Å². The number of halogens is 2. The molecule has 2 rings (SSSR count). The van der Waals surface area contributed by atoms with Gasteiger partial charge in [0.25, 0.3) is 0 Å². The Morgan fingerprint density at radius 3 is 2.59 bits per heavy atom. The quantitative estimate of drug-likeness (QED) is 0.852. The lowest BCUT2D eigenvalue weighted by Gasteiger charge is -2.12. The maximum Gasteiger partial charge on any atom is 0.196 e. The third kappa shape index (κ3) is 1.90. The van der Waals surface area contributed by atoms with E-state index in [2.05, 4.69) is 20.9 Å². The predicted octanol–water partition coefficient (Wildman–Crippen LogP) is 3.86. The van der Waals surface area contributed by atoms with Gasteiger partial charge in [-0.15, -0.1) is 0 Å². The highest BCUT2D eigenvalue weighted by atomic mass is 79.9. The van der Waals surface area contributed by atoms with Gasteiger partial charge in [-0.2, -0.15) is 0 Å². The van der Waals surface area contributed by atoms with E-state index in [0.717, 1.165) is 5.69 Å². The summed E-state index contributed by atoms with van der Waals surface area (Å²) in [6.45, 7) is 5.70. The summed E-state index contributed by atoms with van der Waals surface area (Å²) in [7, 11) is 0. The second-order valence-corrected chi connectivity index (χ2v) is 5.28. The van der Waals surface area contributed by atoms with Crippen molar-refractivity contribution in [1.29, 1.82) is 0 Å². The van der Waals surface area contributed by atoms with Crippen LogP contribution >= 0.6 is 15.9 Å². The molecular weight excluding hydrogens is 285 g/mol. The van der Waals surface area contributed by atoms with Crippen molar-refractivity contribution in [3.63, 3.8) is 0 Å². The lowest BCUT2D eigenvalue weighted by atomic mass is 9.99. The summed E-state index contributed by atoms with van der Waals surface area (Å²) in [5.74, 6) is -0.409. The van der Waals surface area contributed by atoms with Crippen LogP contribution < -0.4 is 5.43 Å². The molecule has 0 bridgehead atoms. The Morgan fingerprint density at radius 2 is 2.00 bits per heavy atom. The van der Waals surface area contributed by atoms with E-state index < -0.39 is 5.82 Å². The Labute approximate surface area is 107 Å². The molecule has 0 spiro atoms. The summed E-state index contributed by atoms with van der Waals surface area (Å²) < 4.78 is 14.5. The van der Waals surface area contributed by atoms with Gasteiger partial charge in [0, 0.05) is 15.7 Å². The first-order valence-electron chi connectivity index (χ1n) is 5.44. The fourth-order valence-corrected chi connectivity index (χ4v) is 2.58. The number of nitrogens with one attached hydrogen (secondary N) is 1. The minimum atomic E-state index is -0.480. The number of fused-ring (bicyclic) bond motifs is 1. The molecule has 0 atom stereocenters. The summed E-state index contributed by atoms with van der Waals surface area (Å²) >= 11 is 3.32. The first-order valence-corrected chi connectivity index (χ1v) is 6.23. The van der Waals surface area contributed by atoms with Crippen molar-refractivity contribution in [2.45, 2.75) is 26.7 Å². The zero-order valence-corrected chi connectivity index (χ0v) is 11.5. The van der Waals surface area contributed by atoms with Gasteiger partial charge in [0.2, 0.25) is 0 Å². The Bertz CT molecular complexity index is 646. The molecule has 0 unspecified atom stereocenters. The maximum atomic E-state index is 13.8. The van der Waals surface area contributed by atoms with Gasteiger partial charge >= 0.3 is 0 Å². The summed E-state index contributed by atoms with van der Waals surface area (Å²) in [5, 5.41) is 0.133. The molecule has 0 fully saturated rings. The average molecular weight is 298 g/mol. The van der Waals surface area contributed by atoms with E-state index in [-0.39, 0.29) is 16.7 Å².